The Balaban J connectivity index is 1.75. The number of rotatable bonds is 5. The SMILES string of the molecule is CSC1(CNC(=O)NCc2sccc2C)CCOCC1. The summed E-state index contributed by atoms with van der Waals surface area (Å²) in [5.41, 5.74) is 1.24. The first-order chi connectivity index (χ1) is 9.65. The van der Waals surface area contributed by atoms with Gasteiger partial charge in [-0.05, 0) is 43.0 Å². The Morgan fingerprint density at radius 2 is 2.20 bits per heavy atom. The molecule has 0 spiro atoms. The van der Waals surface area contributed by atoms with Crippen molar-refractivity contribution in [1.29, 1.82) is 0 Å². The first-order valence-corrected chi connectivity index (χ1v) is 8.93. The van der Waals surface area contributed by atoms with Gasteiger partial charge in [-0.3, -0.25) is 0 Å². The fourth-order valence-electron chi connectivity index (χ4n) is 2.25. The Morgan fingerprint density at radius 1 is 1.45 bits per heavy atom. The van der Waals surface area contributed by atoms with Crippen LogP contribution in [-0.2, 0) is 11.3 Å². The molecule has 20 heavy (non-hydrogen) atoms. The summed E-state index contributed by atoms with van der Waals surface area (Å²) in [6, 6.07) is 1.99. The van der Waals surface area contributed by atoms with Gasteiger partial charge in [-0.2, -0.15) is 11.8 Å². The molecule has 2 amide bonds. The van der Waals surface area contributed by atoms with Crippen LogP contribution in [0.4, 0.5) is 4.79 Å². The summed E-state index contributed by atoms with van der Waals surface area (Å²) in [6.45, 7) is 4.95. The highest BCUT2D eigenvalue weighted by Gasteiger charge is 2.31. The average Bonchev–Trinajstić information content (AvgIpc) is 2.89. The standard InChI is InChI=1S/C14H22N2O2S2/c1-11-3-8-20-12(11)9-15-13(17)16-10-14(19-2)4-6-18-7-5-14/h3,8H,4-7,9-10H2,1-2H3,(H2,15,16,17). The molecule has 1 aliphatic heterocycles. The Kier molecular flexibility index (Phi) is 5.74. The lowest BCUT2D eigenvalue weighted by Gasteiger charge is -2.35. The van der Waals surface area contributed by atoms with Crippen LogP contribution in [0, 0.1) is 6.92 Å². The molecule has 1 fully saturated rings. The normalized spacial score (nSPS) is 17.7. The molecule has 1 saturated heterocycles. The van der Waals surface area contributed by atoms with E-state index in [0.29, 0.717) is 13.1 Å². The summed E-state index contributed by atoms with van der Waals surface area (Å²) in [4.78, 5) is 13.1. The predicted octanol–water partition coefficient (Wildman–Crippen LogP) is 2.77. The van der Waals surface area contributed by atoms with Gasteiger partial charge >= 0.3 is 6.03 Å². The van der Waals surface area contributed by atoms with Crippen LogP contribution in [0.15, 0.2) is 11.4 Å². The van der Waals surface area contributed by atoms with Gasteiger partial charge < -0.3 is 15.4 Å². The number of thiophene rings is 1. The maximum atomic E-state index is 11.9. The predicted molar refractivity (Wildman–Crippen MR) is 85.6 cm³/mol. The van der Waals surface area contributed by atoms with Crippen molar-refractivity contribution in [1.82, 2.24) is 10.6 Å². The van der Waals surface area contributed by atoms with Crippen LogP contribution in [0.5, 0.6) is 0 Å². The molecule has 112 valence electrons. The second-order valence-corrected chi connectivity index (χ2v) is 7.34. The van der Waals surface area contributed by atoms with Gasteiger partial charge in [0.1, 0.15) is 0 Å². The molecule has 0 aliphatic carbocycles. The number of hydrogen-bond acceptors (Lipinski definition) is 4. The highest BCUT2D eigenvalue weighted by molar-refractivity contribution is 8.00. The third-order valence-electron chi connectivity index (χ3n) is 3.79. The van der Waals surface area contributed by atoms with E-state index in [1.807, 2.05) is 11.8 Å². The number of thioether (sulfide) groups is 1. The van der Waals surface area contributed by atoms with Gasteiger partial charge in [0, 0.05) is 29.4 Å². The molecular weight excluding hydrogens is 292 g/mol. The highest BCUT2D eigenvalue weighted by atomic mass is 32.2. The maximum absolute atomic E-state index is 11.9. The number of ether oxygens (including phenoxy) is 1. The fraction of sp³-hybridized carbons (Fsp3) is 0.643. The third-order valence-corrected chi connectivity index (χ3v) is 6.23. The van der Waals surface area contributed by atoms with E-state index < -0.39 is 0 Å². The molecule has 0 aromatic carbocycles. The molecule has 2 rings (SSSR count). The van der Waals surface area contributed by atoms with E-state index in [0.717, 1.165) is 26.1 Å². The second kappa shape index (κ2) is 7.33. The second-order valence-electron chi connectivity index (χ2n) is 5.06. The number of carbonyl (C=O) groups excluding carboxylic acids is 1. The van der Waals surface area contributed by atoms with Crippen molar-refractivity contribution in [2.24, 2.45) is 0 Å². The van der Waals surface area contributed by atoms with Crippen molar-refractivity contribution in [2.75, 3.05) is 26.0 Å². The van der Waals surface area contributed by atoms with E-state index in [1.54, 1.807) is 11.3 Å². The monoisotopic (exact) mass is 314 g/mol. The molecule has 0 saturated carbocycles. The number of urea groups is 1. The molecule has 0 atom stereocenters. The van der Waals surface area contributed by atoms with Crippen molar-refractivity contribution in [3.8, 4) is 0 Å². The van der Waals surface area contributed by atoms with Crippen LogP contribution in [0.25, 0.3) is 0 Å². The van der Waals surface area contributed by atoms with E-state index in [4.69, 9.17) is 4.74 Å². The quantitative estimate of drug-likeness (QED) is 0.878. The number of nitrogens with one attached hydrogen (secondary N) is 2. The molecular formula is C14H22N2O2S2. The molecule has 0 bridgehead atoms. The van der Waals surface area contributed by atoms with E-state index >= 15 is 0 Å². The summed E-state index contributed by atoms with van der Waals surface area (Å²) in [5, 5.41) is 7.98. The zero-order valence-electron chi connectivity index (χ0n) is 12.0. The first kappa shape index (κ1) is 15.7. The first-order valence-electron chi connectivity index (χ1n) is 6.83. The zero-order chi connectivity index (χ0) is 14.4. The third kappa shape index (κ3) is 4.14. The van der Waals surface area contributed by atoms with Crippen LogP contribution < -0.4 is 10.6 Å². The number of amides is 2. The summed E-state index contributed by atoms with van der Waals surface area (Å²) in [6.07, 6.45) is 4.11. The molecule has 0 radical (unpaired) electrons. The average molecular weight is 314 g/mol. The van der Waals surface area contributed by atoms with Gasteiger partial charge in [-0.1, -0.05) is 0 Å². The maximum Gasteiger partial charge on any atom is 0.315 e. The van der Waals surface area contributed by atoms with Crippen LogP contribution in [-0.4, -0.2) is 36.8 Å². The zero-order valence-corrected chi connectivity index (χ0v) is 13.7. The Morgan fingerprint density at radius 3 is 2.80 bits per heavy atom. The molecule has 1 aromatic rings. The lowest BCUT2D eigenvalue weighted by molar-refractivity contribution is 0.0777. The van der Waals surface area contributed by atoms with Gasteiger partial charge in [0.05, 0.1) is 6.54 Å². The van der Waals surface area contributed by atoms with Gasteiger partial charge in [0.25, 0.3) is 0 Å². The summed E-state index contributed by atoms with van der Waals surface area (Å²) >= 11 is 3.51. The van der Waals surface area contributed by atoms with E-state index in [2.05, 4.69) is 35.3 Å². The Bertz CT molecular complexity index is 442. The number of hydrogen-bond donors (Lipinski definition) is 2. The van der Waals surface area contributed by atoms with Crippen LogP contribution in [0.2, 0.25) is 0 Å². The molecule has 2 N–H and O–H groups in total. The Labute approximate surface area is 128 Å². The van der Waals surface area contributed by atoms with Gasteiger partial charge in [-0.25, -0.2) is 4.79 Å². The van der Waals surface area contributed by atoms with Crippen LogP contribution >= 0.6 is 23.1 Å². The van der Waals surface area contributed by atoms with Crippen molar-refractivity contribution in [3.63, 3.8) is 0 Å². The smallest absolute Gasteiger partial charge is 0.315 e. The van der Waals surface area contributed by atoms with Crippen molar-refractivity contribution in [2.45, 2.75) is 31.1 Å². The lowest BCUT2D eigenvalue weighted by atomic mass is 9.99. The van der Waals surface area contributed by atoms with Crippen molar-refractivity contribution < 1.29 is 9.53 Å². The minimum Gasteiger partial charge on any atom is -0.381 e. The van der Waals surface area contributed by atoms with Gasteiger partial charge in [0.15, 0.2) is 0 Å². The lowest BCUT2D eigenvalue weighted by Crippen LogP contribution is -2.47. The minimum absolute atomic E-state index is 0.0854. The van der Waals surface area contributed by atoms with E-state index in [9.17, 15) is 4.79 Å². The van der Waals surface area contributed by atoms with Gasteiger partial charge in [0.2, 0.25) is 0 Å². The van der Waals surface area contributed by atoms with E-state index in [1.165, 1.54) is 10.4 Å². The topological polar surface area (TPSA) is 50.4 Å². The summed E-state index contributed by atoms with van der Waals surface area (Å²) < 4.78 is 5.54. The van der Waals surface area contributed by atoms with Crippen LogP contribution in [0.1, 0.15) is 23.3 Å². The molecule has 1 aliphatic rings. The fourth-order valence-corrected chi connectivity index (χ4v) is 3.88. The van der Waals surface area contributed by atoms with E-state index in [-0.39, 0.29) is 10.8 Å². The molecule has 4 nitrogen and oxygen atoms in total. The minimum atomic E-state index is -0.0854. The Hall–Kier alpha value is -0.720. The molecule has 1 aromatic heterocycles. The molecule has 6 heteroatoms. The highest BCUT2D eigenvalue weighted by Crippen LogP contribution is 2.32. The summed E-state index contributed by atoms with van der Waals surface area (Å²) in [7, 11) is 0. The molecule has 0 unspecified atom stereocenters. The molecule has 2 heterocycles. The number of aryl methyl sites for hydroxylation is 1. The van der Waals surface area contributed by atoms with Crippen LogP contribution in [0.3, 0.4) is 0 Å². The van der Waals surface area contributed by atoms with Crippen molar-refractivity contribution >= 4 is 29.1 Å². The van der Waals surface area contributed by atoms with Crippen molar-refractivity contribution in [3.05, 3.63) is 21.9 Å². The summed E-state index contributed by atoms with van der Waals surface area (Å²) in [5.74, 6) is 0. The number of carbonyl (C=O) groups is 1. The van der Waals surface area contributed by atoms with Gasteiger partial charge in [-0.15, -0.1) is 11.3 Å². The largest absolute Gasteiger partial charge is 0.381 e.